The van der Waals surface area contributed by atoms with Crippen molar-refractivity contribution in [1.29, 1.82) is 0 Å². The van der Waals surface area contributed by atoms with Crippen molar-refractivity contribution in [2.75, 3.05) is 6.54 Å². The molecule has 6 nitrogen and oxygen atoms in total. The van der Waals surface area contributed by atoms with Crippen molar-refractivity contribution in [3.63, 3.8) is 0 Å². The highest BCUT2D eigenvalue weighted by atomic mass is 19.4. The number of oxazole rings is 1. The number of aromatic nitrogens is 1. The van der Waals surface area contributed by atoms with Gasteiger partial charge in [-0.1, -0.05) is 24.3 Å². The Hall–Kier alpha value is -3.40. The molecule has 1 aromatic heterocycles. The minimum absolute atomic E-state index is 0.0162. The van der Waals surface area contributed by atoms with E-state index in [2.05, 4.69) is 15.0 Å². The molecule has 0 radical (unpaired) electrons. The highest BCUT2D eigenvalue weighted by molar-refractivity contribution is 5.76. The lowest BCUT2D eigenvalue weighted by atomic mass is 10.1. The number of nitrogens with one attached hydrogen (secondary N) is 1. The Kier molecular flexibility index (Phi) is 6.91. The van der Waals surface area contributed by atoms with Crippen molar-refractivity contribution in [3.8, 4) is 17.1 Å². The number of carbonyl (C=O) groups is 1. The van der Waals surface area contributed by atoms with E-state index >= 15 is 0 Å². The molecular weight excluding hydrogens is 420 g/mol. The van der Waals surface area contributed by atoms with E-state index in [-0.39, 0.29) is 42.5 Å². The first-order valence-corrected chi connectivity index (χ1v) is 9.21. The minimum atomic E-state index is -4.80. The average Bonchev–Trinajstić information content (AvgIpc) is 3.19. The van der Waals surface area contributed by atoms with Crippen LogP contribution in [0.25, 0.3) is 11.3 Å². The van der Waals surface area contributed by atoms with Gasteiger partial charge in [-0.2, -0.15) is 0 Å². The summed E-state index contributed by atoms with van der Waals surface area (Å²) in [7, 11) is 0. The molecular formula is C21H18F4N2O4. The quantitative estimate of drug-likeness (QED) is 0.516. The molecule has 1 unspecified atom stereocenters. The minimum Gasteiger partial charge on any atom is -0.441 e. The van der Waals surface area contributed by atoms with E-state index in [1.807, 2.05) is 0 Å². The Morgan fingerprint density at radius 3 is 2.55 bits per heavy atom. The Morgan fingerprint density at radius 1 is 1.16 bits per heavy atom. The maximum absolute atomic E-state index is 13.8. The number of aliphatic hydroxyl groups is 1. The zero-order valence-electron chi connectivity index (χ0n) is 16.0. The Morgan fingerprint density at radius 2 is 1.87 bits per heavy atom. The lowest BCUT2D eigenvalue weighted by molar-refractivity contribution is -0.274. The van der Waals surface area contributed by atoms with E-state index in [4.69, 9.17) is 4.42 Å². The lowest BCUT2D eigenvalue weighted by Gasteiger charge is -2.13. The maximum Gasteiger partial charge on any atom is 0.573 e. The number of carbonyl (C=O) groups excluding carboxylic acids is 1. The summed E-state index contributed by atoms with van der Waals surface area (Å²) < 4.78 is 59.5. The fourth-order valence-electron chi connectivity index (χ4n) is 2.74. The number of nitrogens with zero attached hydrogens (tertiary/aromatic N) is 1. The third kappa shape index (κ3) is 6.54. The summed E-state index contributed by atoms with van der Waals surface area (Å²) in [5.74, 6) is -0.735. The van der Waals surface area contributed by atoms with Gasteiger partial charge in [0.15, 0.2) is 11.7 Å². The number of aliphatic hydroxyl groups excluding tert-OH is 1. The van der Waals surface area contributed by atoms with Crippen LogP contribution in [0, 0.1) is 5.82 Å². The molecule has 0 aliphatic heterocycles. The summed E-state index contributed by atoms with van der Waals surface area (Å²) in [5, 5.41) is 12.6. The lowest BCUT2D eigenvalue weighted by Crippen LogP contribution is -2.28. The van der Waals surface area contributed by atoms with E-state index < -0.39 is 24.0 Å². The summed E-state index contributed by atoms with van der Waals surface area (Å²) in [6.45, 7) is -0.135. The van der Waals surface area contributed by atoms with Crippen LogP contribution in [0.1, 0.15) is 24.0 Å². The molecule has 31 heavy (non-hydrogen) atoms. The second-order valence-electron chi connectivity index (χ2n) is 6.53. The Balaban J connectivity index is 1.46. The third-order valence-corrected chi connectivity index (χ3v) is 4.25. The monoisotopic (exact) mass is 438 g/mol. The maximum atomic E-state index is 13.8. The van der Waals surface area contributed by atoms with E-state index in [0.29, 0.717) is 5.56 Å². The van der Waals surface area contributed by atoms with Crippen LogP contribution in [0.3, 0.4) is 0 Å². The normalized spacial score (nSPS) is 12.4. The molecule has 0 saturated heterocycles. The molecule has 2 aromatic carbocycles. The molecule has 1 atom stereocenters. The predicted octanol–water partition coefficient (Wildman–Crippen LogP) is 4.16. The van der Waals surface area contributed by atoms with Gasteiger partial charge in [-0.3, -0.25) is 4.79 Å². The number of hydrogen-bond acceptors (Lipinski definition) is 5. The van der Waals surface area contributed by atoms with Crippen molar-refractivity contribution in [1.82, 2.24) is 10.3 Å². The molecule has 0 aliphatic carbocycles. The average molecular weight is 438 g/mol. The second kappa shape index (κ2) is 9.61. The van der Waals surface area contributed by atoms with Crippen LogP contribution in [0.15, 0.2) is 59.1 Å². The van der Waals surface area contributed by atoms with Crippen molar-refractivity contribution in [2.45, 2.75) is 25.3 Å². The van der Waals surface area contributed by atoms with Gasteiger partial charge >= 0.3 is 6.36 Å². The number of amides is 1. The number of hydrogen-bond donors (Lipinski definition) is 2. The first kappa shape index (κ1) is 22.3. The zero-order chi connectivity index (χ0) is 22.4. The summed E-state index contributed by atoms with van der Waals surface area (Å²) in [6, 6.07) is 10.8. The molecule has 1 amide bonds. The largest absolute Gasteiger partial charge is 0.573 e. The molecule has 0 spiro atoms. The molecule has 3 rings (SSSR count). The van der Waals surface area contributed by atoms with Gasteiger partial charge in [0.1, 0.15) is 11.6 Å². The predicted molar refractivity (Wildman–Crippen MR) is 101 cm³/mol. The summed E-state index contributed by atoms with van der Waals surface area (Å²) in [6.07, 6.45) is -4.35. The molecule has 3 aromatic rings. The van der Waals surface area contributed by atoms with Gasteiger partial charge in [0.25, 0.3) is 0 Å². The van der Waals surface area contributed by atoms with Gasteiger partial charge in [0.2, 0.25) is 5.91 Å². The highest BCUT2D eigenvalue weighted by Gasteiger charge is 2.31. The molecule has 1 heterocycles. The first-order chi connectivity index (χ1) is 14.7. The molecule has 0 aliphatic rings. The van der Waals surface area contributed by atoms with Gasteiger partial charge in [-0.15, -0.1) is 13.2 Å². The van der Waals surface area contributed by atoms with Crippen LogP contribution in [-0.4, -0.2) is 28.9 Å². The van der Waals surface area contributed by atoms with Crippen molar-refractivity contribution in [2.24, 2.45) is 0 Å². The van der Waals surface area contributed by atoms with Gasteiger partial charge in [0.05, 0.1) is 17.9 Å². The van der Waals surface area contributed by atoms with Crippen molar-refractivity contribution >= 4 is 5.91 Å². The van der Waals surface area contributed by atoms with Crippen LogP contribution in [0.4, 0.5) is 17.6 Å². The number of rotatable bonds is 8. The van der Waals surface area contributed by atoms with E-state index in [1.54, 1.807) is 18.2 Å². The van der Waals surface area contributed by atoms with E-state index in [1.165, 1.54) is 24.4 Å². The fourth-order valence-corrected chi connectivity index (χ4v) is 2.74. The van der Waals surface area contributed by atoms with Crippen molar-refractivity contribution < 1.29 is 36.6 Å². The smallest absolute Gasteiger partial charge is 0.441 e. The SMILES string of the molecule is O=C(CCc1ncc(-c2ccccc2F)o1)NCC(O)c1ccc(OC(F)(F)F)cc1. The fraction of sp³-hybridized carbons (Fsp3) is 0.238. The van der Waals surface area contributed by atoms with Crippen LogP contribution in [-0.2, 0) is 11.2 Å². The van der Waals surface area contributed by atoms with E-state index in [9.17, 15) is 27.5 Å². The topological polar surface area (TPSA) is 84.6 Å². The first-order valence-electron chi connectivity index (χ1n) is 9.21. The number of benzene rings is 2. The zero-order valence-corrected chi connectivity index (χ0v) is 16.0. The number of ether oxygens (including phenoxy) is 1. The standard InChI is InChI=1S/C21H18F4N2O4/c22-16-4-2-1-3-15(16)18-12-27-20(30-18)10-9-19(29)26-11-17(28)13-5-7-14(8-6-13)31-21(23,24)25/h1-8,12,17,28H,9-11H2,(H,26,29). The third-order valence-electron chi connectivity index (χ3n) is 4.25. The van der Waals surface area contributed by atoms with Crippen LogP contribution >= 0.6 is 0 Å². The summed E-state index contributed by atoms with van der Waals surface area (Å²) >= 11 is 0. The number of aryl methyl sites for hydroxylation is 1. The molecule has 0 saturated carbocycles. The highest BCUT2D eigenvalue weighted by Crippen LogP contribution is 2.25. The molecule has 10 heteroatoms. The summed E-state index contributed by atoms with van der Waals surface area (Å²) in [5.41, 5.74) is 0.581. The number of alkyl halides is 3. The van der Waals surface area contributed by atoms with Gasteiger partial charge in [-0.25, -0.2) is 9.37 Å². The second-order valence-corrected chi connectivity index (χ2v) is 6.53. The molecule has 0 fully saturated rings. The molecule has 0 bridgehead atoms. The molecule has 2 N–H and O–H groups in total. The van der Waals surface area contributed by atoms with Crippen LogP contribution in [0.5, 0.6) is 5.75 Å². The van der Waals surface area contributed by atoms with E-state index in [0.717, 1.165) is 12.1 Å². The van der Waals surface area contributed by atoms with Crippen LogP contribution < -0.4 is 10.1 Å². The van der Waals surface area contributed by atoms with Gasteiger partial charge in [0, 0.05) is 19.4 Å². The van der Waals surface area contributed by atoms with Gasteiger partial charge in [-0.05, 0) is 29.8 Å². The molecule has 164 valence electrons. The Labute approximate surface area is 174 Å². The Bertz CT molecular complexity index is 1020. The summed E-state index contributed by atoms with van der Waals surface area (Å²) in [4.78, 5) is 16.0. The van der Waals surface area contributed by atoms with Gasteiger partial charge < -0.3 is 19.6 Å². The van der Waals surface area contributed by atoms with Crippen LogP contribution in [0.2, 0.25) is 0 Å². The number of halogens is 4. The van der Waals surface area contributed by atoms with Crippen molar-refractivity contribution in [3.05, 3.63) is 72.0 Å².